The number of rotatable bonds is 4. The minimum absolute atomic E-state index is 0.00882. The number of benzene rings is 2. The predicted octanol–water partition coefficient (Wildman–Crippen LogP) is 3.42. The van der Waals surface area contributed by atoms with E-state index in [0.717, 1.165) is 16.9 Å². The van der Waals surface area contributed by atoms with Crippen LogP contribution in [0.1, 0.15) is 29.8 Å². The van der Waals surface area contributed by atoms with Crippen molar-refractivity contribution in [1.29, 1.82) is 0 Å². The van der Waals surface area contributed by atoms with Gasteiger partial charge in [0, 0.05) is 11.3 Å². The molecule has 1 atom stereocenters. The Morgan fingerprint density at radius 1 is 1.20 bits per heavy atom. The number of aryl methyl sites for hydroxylation is 1. The number of carbonyl (C=O) groups excluding carboxylic acids is 2. The van der Waals surface area contributed by atoms with Gasteiger partial charge in [0.2, 0.25) is 5.91 Å². The van der Waals surface area contributed by atoms with Crippen molar-refractivity contribution in [3.05, 3.63) is 53.6 Å². The molecule has 0 saturated carbocycles. The zero-order valence-corrected chi connectivity index (χ0v) is 14.7. The van der Waals surface area contributed by atoms with Crippen molar-refractivity contribution in [2.75, 3.05) is 23.3 Å². The van der Waals surface area contributed by atoms with Crippen LogP contribution in [0.4, 0.5) is 11.4 Å². The van der Waals surface area contributed by atoms with Crippen molar-refractivity contribution in [3.63, 3.8) is 0 Å². The van der Waals surface area contributed by atoms with Crippen LogP contribution in [0.15, 0.2) is 42.5 Å². The first kappa shape index (κ1) is 17.0. The van der Waals surface area contributed by atoms with E-state index >= 15 is 0 Å². The number of nitrogens with zero attached hydrogens (tertiary/aromatic N) is 1. The second-order valence-electron chi connectivity index (χ2n) is 6.46. The molecule has 0 aromatic heterocycles. The van der Waals surface area contributed by atoms with Gasteiger partial charge >= 0.3 is 0 Å². The highest BCUT2D eigenvalue weighted by molar-refractivity contribution is 5.97. The molecule has 0 aliphatic carbocycles. The SMILES string of the molecule is CC(=O)c1ccc2c(c1)N(CC(=O)Nc1ccc(C)cc1)CC(C)O2. The highest BCUT2D eigenvalue weighted by Gasteiger charge is 2.25. The van der Waals surface area contributed by atoms with Gasteiger partial charge in [-0.25, -0.2) is 0 Å². The van der Waals surface area contributed by atoms with Crippen LogP contribution in [-0.4, -0.2) is 30.9 Å². The van der Waals surface area contributed by atoms with Crippen molar-refractivity contribution < 1.29 is 14.3 Å². The summed E-state index contributed by atoms with van der Waals surface area (Å²) in [6.45, 7) is 6.30. The molecule has 0 radical (unpaired) electrons. The topological polar surface area (TPSA) is 58.6 Å². The van der Waals surface area contributed by atoms with E-state index in [1.165, 1.54) is 6.92 Å². The molecule has 0 bridgehead atoms. The minimum Gasteiger partial charge on any atom is -0.487 e. The Morgan fingerprint density at radius 2 is 1.92 bits per heavy atom. The Morgan fingerprint density at radius 3 is 2.60 bits per heavy atom. The van der Waals surface area contributed by atoms with Crippen LogP contribution in [0.5, 0.6) is 5.75 Å². The van der Waals surface area contributed by atoms with E-state index in [1.807, 2.05) is 43.0 Å². The van der Waals surface area contributed by atoms with Crippen molar-refractivity contribution in [2.45, 2.75) is 26.9 Å². The molecule has 3 rings (SSSR count). The summed E-state index contributed by atoms with van der Waals surface area (Å²) in [5.41, 5.74) is 3.31. The predicted molar refractivity (Wildman–Crippen MR) is 98.6 cm³/mol. The van der Waals surface area contributed by atoms with E-state index in [0.29, 0.717) is 17.9 Å². The summed E-state index contributed by atoms with van der Waals surface area (Å²) in [7, 11) is 0. The molecule has 1 aliphatic rings. The molecule has 2 aromatic rings. The average molecular weight is 338 g/mol. The molecular formula is C20H22N2O3. The summed E-state index contributed by atoms with van der Waals surface area (Å²) >= 11 is 0. The Bertz CT molecular complexity index is 799. The van der Waals surface area contributed by atoms with Crippen LogP contribution in [0.2, 0.25) is 0 Å². The molecule has 1 unspecified atom stereocenters. The lowest BCUT2D eigenvalue weighted by Gasteiger charge is -2.34. The van der Waals surface area contributed by atoms with Crippen LogP contribution in [0.25, 0.3) is 0 Å². The Balaban J connectivity index is 1.78. The number of ether oxygens (including phenoxy) is 1. The normalized spacial score (nSPS) is 16.0. The van der Waals surface area contributed by atoms with E-state index < -0.39 is 0 Å². The van der Waals surface area contributed by atoms with Gasteiger partial charge in [-0.3, -0.25) is 9.59 Å². The molecule has 1 amide bonds. The number of amides is 1. The maximum absolute atomic E-state index is 12.4. The van der Waals surface area contributed by atoms with Crippen molar-refractivity contribution >= 4 is 23.1 Å². The second-order valence-corrected chi connectivity index (χ2v) is 6.46. The van der Waals surface area contributed by atoms with Gasteiger partial charge in [0.15, 0.2) is 5.78 Å². The number of fused-ring (bicyclic) bond motifs is 1. The zero-order valence-electron chi connectivity index (χ0n) is 14.7. The fourth-order valence-corrected chi connectivity index (χ4v) is 2.91. The van der Waals surface area contributed by atoms with Gasteiger partial charge in [-0.1, -0.05) is 17.7 Å². The molecule has 5 nitrogen and oxygen atoms in total. The fraction of sp³-hybridized carbons (Fsp3) is 0.300. The number of hydrogen-bond donors (Lipinski definition) is 1. The van der Waals surface area contributed by atoms with E-state index in [1.54, 1.807) is 18.2 Å². The standard InChI is InChI=1S/C20H22N2O3/c1-13-4-7-17(8-5-13)21-20(24)12-22-11-14(2)25-19-9-6-16(15(3)23)10-18(19)22/h4-10,14H,11-12H2,1-3H3,(H,21,24). The molecule has 0 fully saturated rings. The quantitative estimate of drug-likeness (QED) is 0.868. The number of carbonyl (C=O) groups is 2. The van der Waals surface area contributed by atoms with E-state index in [-0.39, 0.29) is 24.3 Å². The minimum atomic E-state index is -0.0999. The molecule has 0 spiro atoms. The zero-order chi connectivity index (χ0) is 18.0. The highest BCUT2D eigenvalue weighted by Crippen LogP contribution is 2.34. The molecule has 2 aromatic carbocycles. The molecule has 1 heterocycles. The van der Waals surface area contributed by atoms with Crippen molar-refractivity contribution in [1.82, 2.24) is 0 Å². The van der Waals surface area contributed by atoms with Gasteiger partial charge in [0.1, 0.15) is 11.9 Å². The number of anilines is 2. The maximum Gasteiger partial charge on any atom is 0.243 e. The lowest BCUT2D eigenvalue weighted by atomic mass is 10.1. The first-order chi connectivity index (χ1) is 11.9. The largest absolute Gasteiger partial charge is 0.487 e. The third kappa shape index (κ3) is 3.99. The summed E-state index contributed by atoms with van der Waals surface area (Å²) in [6.07, 6.45) is -0.0251. The number of Topliss-reactive ketones (excluding diaryl/α,β-unsaturated/α-hetero) is 1. The van der Waals surface area contributed by atoms with Gasteiger partial charge in [-0.2, -0.15) is 0 Å². The third-order valence-corrected chi connectivity index (χ3v) is 4.18. The third-order valence-electron chi connectivity index (χ3n) is 4.18. The van der Waals surface area contributed by atoms with Crippen LogP contribution in [-0.2, 0) is 4.79 Å². The number of hydrogen-bond acceptors (Lipinski definition) is 4. The Labute approximate surface area is 147 Å². The van der Waals surface area contributed by atoms with Crippen molar-refractivity contribution in [3.8, 4) is 5.75 Å². The molecular weight excluding hydrogens is 316 g/mol. The Kier molecular flexibility index (Phi) is 4.74. The molecule has 5 heteroatoms. The van der Waals surface area contributed by atoms with Crippen LogP contribution >= 0.6 is 0 Å². The highest BCUT2D eigenvalue weighted by atomic mass is 16.5. The van der Waals surface area contributed by atoms with Crippen LogP contribution in [0.3, 0.4) is 0 Å². The first-order valence-corrected chi connectivity index (χ1v) is 8.35. The summed E-state index contributed by atoms with van der Waals surface area (Å²) in [4.78, 5) is 26.1. The van der Waals surface area contributed by atoms with Gasteiger partial charge < -0.3 is 15.0 Å². The van der Waals surface area contributed by atoms with Gasteiger partial charge in [-0.05, 0) is 51.1 Å². The molecule has 25 heavy (non-hydrogen) atoms. The fourth-order valence-electron chi connectivity index (χ4n) is 2.91. The smallest absolute Gasteiger partial charge is 0.243 e. The molecule has 130 valence electrons. The summed E-state index contributed by atoms with van der Waals surface area (Å²) < 4.78 is 5.83. The average Bonchev–Trinajstić information content (AvgIpc) is 2.56. The van der Waals surface area contributed by atoms with Gasteiger partial charge in [0.25, 0.3) is 0 Å². The first-order valence-electron chi connectivity index (χ1n) is 8.35. The molecule has 0 saturated heterocycles. The lowest BCUT2D eigenvalue weighted by Crippen LogP contribution is -2.42. The van der Waals surface area contributed by atoms with Crippen molar-refractivity contribution in [2.24, 2.45) is 0 Å². The molecule has 1 aliphatic heterocycles. The number of nitrogens with one attached hydrogen (secondary N) is 1. The second kappa shape index (κ2) is 6.97. The van der Waals surface area contributed by atoms with E-state index in [4.69, 9.17) is 4.74 Å². The summed E-state index contributed by atoms with van der Waals surface area (Å²) in [5, 5.41) is 2.91. The summed E-state index contributed by atoms with van der Waals surface area (Å²) in [5.74, 6) is 0.592. The van der Waals surface area contributed by atoms with Gasteiger partial charge in [-0.15, -0.1) is 0 Å². The Hall–Kier alpha value is -2.82. The lowest BCUT2D eigenvalue weighted by molar-refractivity contribution is -0.115. The van der Waals surface area contributed by atoms with Gasteiger partial charge in [0.05, 0.1) is 18.8 Å². The van der Waals surface area contributed by atoms with E-state index in [2.05, 4.69) is 5.32 Å². The monoisotopic (exact) mass is 338 g/mol. The number of ketones is 1. The summed E-state index contributed by atoms with van der Waals surface area (Å²) in [6, 6.07) is 13.0. The molecule has 1 N–H and O–H groups in total. The van der Waals surface area contributed by atoms with Crippen LogP contribution < -0.4 is 15.0 Å². The maximum atomic E-state index is 12.4. The van der Waals surface area contributed by atoms with E-state index in [9.17, 15) is 9.59 Å². The van der Waals surface area contributed by atoms with Crippen LogP contribution in [0, 0.1) is 6.92 Å².